The molecule has 0 amide bonds. The van der Waals surface area contributed by atoms with Crippen LogP contribution in [-0.2, 0) is 6.42 Å². The minimum atomic E-state index is 0.293. The summed E-state index contributed by atoms with van der Waals surface area (Å²) in [4.78, 5) is 4.40. The molecule has 3 heterocycles. The number of hydrogen-bond acceptors (Lipinski definition) is 3. The van der Waals surface area contributed by atoms with Crippen molar-refractivity contribution >= 4 is 5.82 Å². The molecule has 1 atom stereocenters. The molecule has 1 fully saturated rings. The zero-order valence-electron chi connectivity index (χ0n) is 8.21. The van der Waals surface area contributed by atoms with Crippen LogP contribution in [0, 0.1) is 0 Å². The lowest BCUT2D eigenvalue weighted by atomic mass is 9.87. The van der Waals surface area contributed by atoms with Gasteiger partial charge in [0.25, 0.3) is 0 Å². The van der Waals surface area contributed by atoms with Gasteiger partial charge in [0, 0.05) is 12.7 Å². The average molecular weight is 189 g/mol. The molecular formula is C11H15N3. The van der Waals surface area contributed by atoms with E-state index in [2.05, 4.69) is 21.7 Å². The molecule has 2 aliphatic rings. The summed E-state index contributed by atoms with van der Waals surface area (Å²) in [5.41, 5.74) is 1.66. The van der Waals surface area contributed by atoms with Crippen LogP contribution in [0.5, 0.6) is 0 Å². The number of nitrogens with zero attached hydrogens (tertiary/aromatic N) is 1. The predicted octanol–water partition coefficient (Wildman–Crippen LogP) is 1.17. The number of anilines is 1. The Hall–Kier alpha value is -1.09. The molecule has 1 aromatic rings. The van der Waals surface area contributed by atoms with Gasteiger partial charge in [-0.25, -0.2) is 4.98 Å². The number of rotatable bonds is 0. The van der Waals surface area contributed by atoms with Crippen LogP contribution in [0.25, 0.3) is 0 Å². The van der Waals surface area contributed by atoms with Crippen LogP contribution in [0.1, 0.15) is 18.4 Å². The standard InChI is InChI=1S/C11H15N3/c1-2-9-3-4-11(5-7-12-8-11)14-10(9)13-6-1/h1-2,6,12H,3-5,7-8H2,(H,13,14). The predicted molar refractivity (Wildman–Crippen MR) is 56.4 cm³/mol. The summed E-state index contributed by atoms with van der Waals surface area (Å²) < 4.78 is 0. The van der Waals surface area contributed by atoms with Crippen molar-refractivity contribution in [2.45, 2.75) is 24.8 Å². The number of aromatic nitrogens is 1. The summed E-state index contributed by atoms with van der Waals surface area (Å²) >= 11 is 0. The lowest BCUT2D eigenvalue weighted by molar-refractivity contribution is 0.454. The fourth-order valence-electron chi connectivity index (χ4n) is 2.50. The third-order valence-electron chi connectivity index (χ3n) is 3.39. The van der Waals surface area contributed by atoms with Gasteiger partial charge in [0.15, 0.2) is 0 Å². The zero-order valence-corrected chi connectivity index (χ0v) is 8.21. The molecule has 1 saturated heterocycles. The second-order valence-electron chi connectivity index (χ2n) is 4.34. The maximum absolute atomic E-state index is 4.40. The monoisotopic (exact) mass is 189 g/mol. The van der Waals surface area contributed by atoms with Gasteiger partial charge in [0.2, 0.25) is 0 Å². The first-order valence-electron chi connectivity index (χ1n) is 5.31. The fourth-order valence-corrected chi connectivity index (χ4v) is 2.50. The molecule has 1 unspecified atom stereocenters. The first kappa shape index (κ1) is 8.24. The van der Waals surface area contributed by atoms with E-state index in [-0.39, 0.29) is 0 Å². The summed E-state index contributed by atoms with van der Waals surface area (Å²) in [5, 5.41) is 7.02. The molecule has 3 rings (SSSR count). The Morgan fingerprint density at radius 3 is 3.21 bits per heavy atom. The van der Waals surface area contributed by atoms with E-state index in [1.165, 1.54) is 18.4 Å². The summed E-state index contributed by atoms with van der Waals surface area (Å²) in [6.07, 6.45) is 5.49. The van der Waals surface area contributed by atoms with Crippen LogP contribution < -0.4 is 10.6 Å². The molecule has 14 heavy (non-hydrogen) atoms. The first-order chi connectivity index (χ1) is 6.88. The summed E-state index contributed by atoms with van der Waals surface area (Å²) in [5.74, 6) is 1.10. The van der Waals surface area contributed by atoms with Gasteiger partial charge < -0.3 is 10.6 Å². The van der Waals surface area contributed by atoms with E-state index in [4.69, 9.17) is 0 Å². The molecule has 0 radical (unpaired) electrons. The highest BCUT2D eigenvalue weighted by atomic mass is 15.1. The Labute approximate surface area is 83.9 Å². The number of nitrogens with one attached hydrogen (secondary N) is 2. The minimum absolute atomic E-state index is 0.293. The Balaban J connectivity index is 1.92. The molecule has 2 N–H and O–H groups in total. The normalized spacial score (nSPS) is 30.0. The largest absolute Gasteiger partial charge is 0.363 e. The molecule has 0 aromatic carbocycles. The first-order valence-corrected chi connectivity index (χ1v) is 5.31. The Morgan fingerprint density at radius 2 is 2.36 bits per heavy atom. The van der Waals surface area contributed by atoms with Crippen molar-refractivity contribution in [2.24, 2.45) is 0 Å². The third-order valence-corrected chi connectivity index (χ3v) is 3.39. The number of pyridine rings is 1. The minimum Gasteiger partial charge on any atom is -0.363 e. The maximum Gasteiger partial charge on any atom is 0.129 e. The van der Waals surface area contributed by atoms with Gasteiger partial charge in [0.05, 0.1) is 5.54 Å². The molecule has 0 bridgehead atoms. The highest BCUT2D eigenvalue weighted by Crippen LogP contribution is 2.32. The SMILES string of the molecule is c1cnc2c(c1)CCC1(CCNC1)N2. The Bertz CT molecular complexity index is 342. The topological polar surface area (TPSA) is 37.0 Å². The zero-order chi connectivity index (χ0) is 9.43. The van der Waals surface area contributed by atoms with E-state index in [1.54, 1.807) is 0 Å². The van der Waals surface area contributed by atoms with E-state index < -0.39 is 0 Å². The lowest BCUT2D eigenvalue weighted by Gasteiger charge is -2.35. The van der Waals surface area contributed by atoms with Gasteiger partial charge in [-0.2, -0.15) is 0 Å². The van der Waals surface area contributed by atoms with E-state index in [0.717, 1.165) is 25.3 Å². The number of fused-ring (bicyclic) bond motifs is 1. The lowest BCUT2D eigenvalue weighted by Crippen LogP contribution is -2.43. The third kappa shape index (κ3) is 1.20. The molecule has 3 nitrogen and oxygen atoms in total. The van der Waals surface area contributed by atoms with Crippen molar-refractivity contribution in [1.82, 2.24) is 10.3 Å². The number of aryl methyl sites for hydroxylation is 1. The second kappa shape index (κ2) is 2.95. The van der Waals surface area contributed by atoms with Gasteiger partial charge in [-0.05, 0) is 37.4 Å². The smallest absolute Gasteiger partial charge is 0.129 e. The van der Waals surface area contributed by atoms with Crippen LogP contribution in [0.2, 0.25) is 0 Å². The molecular weight excluding hydrogens is 174 g/mol. The van der Waals surface area contributed by atoms with E-state index in [1.807, 2.05) is 12.3 Å². The van der Waals surface area contributed by atoms with Gasteiger partial charge in [-0.1, -0.05) is 6.07 Å². The molecule has 3 heteroatoms. The molecule has 1 aromatic heterocycles. The number of hydrogen-bond donors (Lipinski definition) is 2. The fraction of sp³-hybridized carbons (Fsp3) is 0.545. The summed E-state index contributed by atoms with van der Waals surface area (Å²) in [6.45, 7) is 2.22. The van der Waals surface area contributed by atoms with Crippen molar-refractivity contribution in [2.75, 3.05) is 18.4 Å². The van der Waals surface area contributed by atoms with Crippen LogP contribution in [0.15, 0.2) is 18.3 Å². The van der Waals surface area contributed by atoms with Crippen molar-refractivity contribution in [3.8, 4) is 0 Å². The average Bonchev–Trinajstić information content (AvgIpc) is 2.66. The van der Waals surface area contributed by atoms with E-state index >= 15 is 0 Å². The van der Waals surface area contributed by atoms with Crippen molar-refractivity contribution in [3.05, 3.63) is 23.9 Å². The molecule has 1 spiro atoms. The quantitative estimate of drug-likeness (QED) is 0.643. The van der Waals surface area contributed by atoms with Crippen LogP contribution in [0.3, 0.4) is 0 Å². The van der Waals surface area contributed by atoms with Crippen LogP contribution in [-0.4, -0.2) is 23.6 Å². The maximum atomic E-state index is 4.40. The van der Waals surface area contributed by atoms with E-state index in [9.17, 15) is 0 Å². The Morgan fingerprint density at radius 1 is 1.36 bits per heavy atom. The van der Waals surface area contributed by atoms with Crippen LogP contribution in [0.4, 0.5) is 5.82 Å². The van der Waals surface area contributed by atoms with Crippen molar-refractivity contribution in [3.63, 3.8) is 0 Å². The summed E-state index contributed by atoms with van der Waals surface area (Å²) in [6, 6.07) is 4.19. The highest BCUT2D eigenvalue weighted by molar-refractivity contribution is 5.49. The Kier molecular flexibility index (Phi) is 1.74. The van der Waals surface area contributed by atoms with Gasteiger partial charge in [-0.3, -0.25) is 0 Å². The van der Waals surface area contributed by atoms with Gasteiger partial charge >= 0.3 is 0 Å². The molecule has 2 aliphatic heterocycles. The van der Waals surface area contributed by atoms with Gasteiger partial charge in [-0.15, -0.1) is 0 Å². The second-order valence-corrected chi connectivity index (χ2v) is 4.34. The molecule has 0 aliphatic carbocycles. The van der Waals surface area contributed by atoms with Crippen molar-refractivity contribution in [1.29, 1.82) is 0 Å². The molecule has 0 saturated carbocycles. The van der Waals surface area contributed by atoms with Gasteiger partial charge in [0.1, 0.15) is 5.82 Å². The van der Waals surface area contributed by atoms with Crippen molar-refractivity contribution < 1.29 is 0 Å². The highest BCUT2D eigenvalue weighted by Gasteiger charge is 2.36. The molecule has 74 valence electrons. The summed E-state index contributed by atoms with van der Waals surface area (Å²) in [7, 11) is 0. The van der Waals surface area contributed by atoms with E-state index in [0.29, 0.717) is 5.54 Å². The van der Waals surface area contributed by atoms with Crippen LogP contribution >= 0.6 is 0 Å².